The van der Waals surface area contributed by atoms with Crippen molar-refractivity contribution in [2.45, 2.75) is 5.41 Å². The lowest BCUT2D eigenvalue weighted by molar-refractivity contribution is 0.691. The van der Waals surface area contributed by atoms with Gasteiger partial charge in [-0.05, 0) is 32.6 Å². The number of halogens is 1. The Balaban J connectivity index is 2.12. The molecule has 0 amide bonds. The predicted octanol–water partition coefficient (Wildman–Crippen LogP) is 5.55. The van der Waals surface area contributed by atoms with E-state index in [1.807, 2.05) is 24.4 Å². The maximum Gasteiger partial charge on any atom is 0.127 e. The number of hydrogen-bond donors (Lipinski definition) is 1. The Kier molecular flexibility index (Phi) is 4.24. The topological polar surface area (TPSA) is 28.7 Å². The molecule has 0 spiro atoms. The molecule has 0 unspecified atom stereocenters. The third-order valence-electron chi connectivity index (χ3n) is 4.52. The summed E-state index contributed by atoms with van der Waals surface area (Å²) >= 11 is 3.50. The van der Waals surface area contributed by atoms with Crippen LogP contribution in [0.25, 0.3) is 0 Å². The van der Waals surface area contributed by atoms with Crippen LogP contribution >= 0.6 is 15.9 Å². The molecule has 4 aromatic rings. The fraction of sp³-hybridized carbons (Fsp3) is 0.0455. The minimum absolute atomic E-state index is 0.504. The van der Waals surface area contributed by atoms with Crippen molar-refractivity contribution < 1.29 is 0 Å². The van der Waals surface area contributed by atoms with Gasteiger partial charge in [0, 0.05) is 6.20 Å². The van der Waals surface area contributed by atoms with Gasteiger partial charge >= 0.3 is 0 Å². The van der Waals surface area contributed by atoms with Gasteiger partial charge in [-0.15, -0.1) is 0 Å². The van der Waals surface area contributed by atoms with Crippen molar-refractivity contribution >= 4 is 15.9 Å². The Hall–Kier alpha value is -2.65. The molecule has 3 heteroatoms. The zero-order valence-corrected chi connectivity index (χ0v) is 15.1. The maximum absolute atomic E-state index is 4.77. The second-order valence-corrected chi connectivity index (χ2v) is 6.73. The summed E-state index contributed by atoms with van der Waals surface area (Å²) in [6.07, 6.45) is 1.89. The lowest BCUT2D eigenvalue weighted by Gasteiger charge is -2.34. The molecule has 1 aromatic heterocycles. The molecule has 0 aliphatic carbocycles. The number of aromatic nitrogens is 2. The molecular formula is C22H17BrN2. The number of rotatable bonds is 4. The van der Waals surface area contributed by atoms with Crippen molar-refractivity contribution in [3.8, 4) is 0 Å². The zero-order chi connectivity index (χ0) is 17.1. The van der Waals surface area contributed by atoms with Crippen LogP contribution in [-0.4, -0.2) is 9.97 Å². The van der Waals surface area contributed by atoms with E-state index in [0.717, 1.165) is 10.4 Å². The van der Waals surface area contributed by atoms with Gasteiger partial charge in [0.05, 0.1) is 0 Å². The molecule has 0 radical (unpaired) electrons. The average molecular weight is 389 g/mol. The van der Waals surface area contributed by atoms with E-state index < -0.39 is 5.41 Å². The van der Waals surface area contributed by atoms with Crippen LogP contribution in [0.4, 0.5) is 0 Å². The van der Waals surface area contributed by atoms with Gasteiger partial charge in [0.2, 0.25) is 0 Å². The second-order valence-electron chi connectivity index (χ2n) is 5.92. The molecule has 4 rings (SSSR count). The molecule has 0 saturated heterocycles. The highest BCUT2D eigenvalue weighted by Gasteiger charge is 2.40. The number of H-pyrrole nitrogens is 1. The van der Waals surface area contributed by atoms with Gasteiger partial charge in [-0.2, -0.15) is 0 Å². The van der Waals surface area contributed by atoms with Crippen LogP contribution in [0.2, 0.25) is 0 Å². The SMILES string of the molecule is Brc1c[nH]c(C(c2ccccc2)(c2ccccc2)c2ccccc2)n1. The Morgan fingerprint density at radius 3 is 1.36 bits per heavy atom. The van der Waals surface area contributed by atoms with Crippen LogP contribution in [-0.2, 0) is 5.41 Å². The molecule has 0 aliphatic heterocycles. The van der Waals surface area contributed by atoms with E-state index in [4.69, 9.17) is 4.98 Å². The fourth-order valence-electron chi connectivity index (χ4n) is 3.47. The lowest BCUT2D eigenvalue weighted by atomic mass is 9.69. The Morgan fingerprint density at radius 1 is 0.640 bits per heavy atom. The first kappa shape index (κ1) is 15.9. The molecule has 0 fully saturated rings. The normalized spacial score (nSPS) is 11.4. The van der Waals surface area contributed by atoms with Crippen molar-refractivity contribution in [2.75, 3.05) is 0 Å². The highest BCUT2D eigenvalue weighted by atomic mass is 79.9. The number of hydrogen-bond acceptors (Lipinski definition) is 1. The number of imidazole rings is 1. The van der Waals surface area contributed by atoms with Gasteiger partial charge in [-0.3, -0.25) is 0 Å². The quantitative estimate of drug-likeness (QED) is 0.455. The van der Waals surface area contributed by atoms with Crippen molar-refractivity contribution in [1.29, 1.82) is 0 Å². The van der Waals surface area contributed by atoms with E-state index in [9.17, 15) is 0 Å². The summed E-state index contributed by atoms with van der Waals surface area (Å²) in [6.45, 7) is 0. The summed E-state index contributed by atoms with van der Waals surface area (Å²) in [5.41, 5.74) is 3.02. The van der Waals surface area contributed by atoms with E-state index in [1.165, 1.54) is 16.7 Å². The summed E-state index contributed by atoms with van der Waals surface area (Å²) < 4.78 is 0.801. The summed E-state index contributed by atoms with van der Waals surface area (Å²) in [6, 6.07) is 31.6. The molecule has 2 nitrogen and oxygen atoms in total. The van der Waals surface area contributed by atoms with Crippen LogP contribution in [0.15, 0.2) is 102 Å². The molecule has 0 bridgehead atoms. The van der Waals surface area contributed by atoms with Gasteiger partial charge in [0.15, 0.2) is 0 Å². The smallest absolute Gasteiger partial charge is 0.127 e. The summed E-state index contributed by atoms with van der Waals surface area (Å²) in [5.74, 6) is 0.892. The van der Waals surface area contributed by atoms with E-state index in [0.29, 0.717) is 0 Å². The highest BCUT2D eigenvalue weighted by Crippen LogP contribution is 2.43. The Morgan fingerprint density at radius 2 is 1.04 bits per heavy atom. The molecule has 122 valence electrons. The molecular weight excluding hydrogens is 372 g/mol. The third-order valence-corrected chi connectivity index (χ3v) is 4.93. The summed E-state index contributed by atoms with van der Waals surface area (Å²) in [5, 5.41) is 0. The van der Waals surface area contributed by atoms with Gasteiger partial charge in [0.25, 0.3) is 0 Å². The lowest BCUT2D eigenvalue weighted by Crippen LogP contribution is -2.32. The largest absolute Gasteiger partial charge is 0.346 e. The van der Waals surface area contributed by atoms with E-state index in [2.05, 4.69) is 93.7 Å². The average Bonchev–Trinajstić information content (AvgIpc) is 3.12. The Labute approximate surface area is 155 Å². The summed E-state index contributed by atoms with van der Waals surface area (Å²) in [7, 11) is 0. The van der Waals surface area contributed by atoms with Crippen molar-refractivity contribution in [2.24, 2.45) is 0 Å². The second kappa shape index (κ2) is 6.69. The van der Waals surface area contributed by atoms with Crippen molar-refractivity contribution in [3.05, 3.63) is 124 Å². The zero-order valence-electron chi connectivity index (χ0n) is 13.6. The van der Waals surface area contributed by atoms with Crippen LogP contribution in [0, 0.1) is 0 Å². The minimum atomic E-state index is -0.504. The molecule has 1 N–H and O–H groups in total. The first-order valence-electron chi connectivity index (χ1n) is 8.20. The summed E-state index contributed by atoms with van der Waals surface area (Å²) in [4.78, 5) is 8.16. The van der Waals surface area contributed by atoms with Crippen molar-refractivity contribution in [3.63, 3.8) is 0 Å². The molecule has 25 heavy (non-hydrogen) atoms. The number of benzene rings is 3. The van der Waals surface area contributed by atoms with E-state index in [1.54, 1.807) is 0 Å². The number of nitrogens with one attached hydrogen (secondary N) is 1. The standard InChI is InChI=1S/C22H17BrN2/c23-20-16-24-21(25-20)22(17-10-4-1-5-11-17,18-12-6-2-7-13-18)19-14-8-3-9-15-19/h1-16H,(H,24,25). The van der Waals surface area contributed by atoms with Crippen LogP contribution < -0.4 is 0 Å². The van der Waals surface area contributed by atoms with Gasteiger partial charge in [-0.25, -0.2) is 4.98 Å². The third kappa shape index (κ3) is 2.71. The minimum Gasteiger partial charge on any atom is -0.346 e. The first-order valence-corrected chi connectivity index (χ1v) is 8.99. The van der Waals surface area contributed by atoms with E-state index in [-0.39, 0.29) is 0 Å². The highest BCUT2D eigenvalue weighted by molar-refractivity contribution is 9.10. The monoisotopic (exact) mass is 388 g/mol. The molecule has 0 aliphatic rings. The van der Waals surface area contributed by atoms with Crippen molar-refractivity contribution in [1.82, 2.24) is 9.97 Å². The first-order chi connectivity index (χ1) is 12.3. The molecule has 0 atom stereocenters. The number of aromatic amines is 1. The number of nitrogens with zero attached hydrogens (tertiary/aromatic N) is 1. The Bertz CT molecular complexity index is 850. The van der Waals surface area contributed by atoms with E-state index >= 15 is 0 Å². The van der Waals surface area contributed by atoms with Crippen LogP contribution in [0.5, 0.6) is 0 Å². The molecule has 0 saturated carbocycles. The molecule has 3 aromatic carbocycles. The van der Waals surface area contributed by atoms with Crippen LogP contribution in [0.1, 0.15) is 22.5 Å². The predicted molar refractivity (Wildman–Crippen MR) is 105 cm³/mol. The van der Waals surface area contributed by atoms with Gasteiger partial charge in [-0.1, -0.05) is 91.0 Å². The van der Waals surface area contributed by atoms with Gasteiger partial charge in [0.1, 0.15) is 15.8 Å². The van der Waals surface area contributed by atoms with Gasteiger partial charge < -0.3 is 4.98 Å². The maximum atomic E-state index is 4.77. The van der Waals surface area contributed by atoms with Crippen LogP contribution in [0.3, 0.4) is 0 Å². The fourth-order valence-corrected chi connectivity index (χ4v) is 3.76. The molecule has 1 heterocycles.